The van der Waals surface area contributed by atoms with E-state index in [1.165, 1.54) is 4.90 Å². The number of carbonyl (C=O) groups excluding carboxylic acids is 2. The van der Waals surface area contributed by atoms with E-state index in [-0.39, 0.29) is 25.0 Å². The second-order valence-electron chi connectivity index (χ2n) is 8.49. The Labute approximate surface area is 194 Å². The third-order valence-corrected chi connectivity index (χ3v) is 5.33. The molecule has 0 spiro atoms. The number of aryl methyl sites for hydroxylation is 1. The first kappa shape index (κ1) is 25.0. The molecule has 0 aliphatic carbocycles. The fourth-order valence-electron chi connectivity index (χ4n) is 3.16. The van der Waals surface area contributed by atoms with Gasteiger partial charge >= 0.3 is 0 Å². The van der Waals surface area contributed by atoms with Gasteiger partial charge in [-0.1, -0.05) is 48.3 Å². The Balaban J connectivity index is 2.31. The molecular formula is C24H30Cl2N2O3. The van der Waals surface area contributed by atoms with Crippen LogP contribution in [0.4, 0.5) is 0 Å². The van der Waals surface area contributed by atoms with Gasteiger partial charge in [0.1, 0.15) is 11.8 Å². The first-order valence-corrected chi connectivity index (χ1v) is 11.0. The van der Waals surface area contributed by atoms with Gasteiger partial charge in [-0.2, -0.15) is 0 Å². The van der Waals surface area contributed by atoms with Crippen LogP contribution in [0.3, 0.4) is 0 Å². The standard InChI is InChI=1S/C24H30Cl2N2O3/c1-6-21(23(30)27-24(3,4)5)28(14-18-19(25)11-8-12-20(18)26)22(29)15-31-17-10-7-9-16(2)13-17/h7-13,21H,6,14-15H2,1-5H3,(H,27,30)/t21-/m1/s1. The van der Waals surface area contributed by atoms with Crippen molar-refractivity contribution in [1.29, 1.82) is 0 Å². The van der Waals surface area contributed by atoms with Crippen LogP contribution in [0.15, 0.2) is 42.5 Å². The minimum absolute atomic E-state index is 0.102. The normalized spacial score (nSPS) is 12.2. The van der Waals surface area contributed by atoms with Gasteiger partial charge in [-0.25, -0.2) is 0 Å². The number of nitrogens with one attached hydrogen (secondary N) is 1. The van der Waals surface area contributed by atoms with E-state index in [0.29, 0.717) is 27.8 Å². The predicted octanol–water partition coefficient (Wildman–Crippen LogP) is 5.40. The van der Waals surface area contributed by atoms with Crippen molar-refractivity contribution >= 4 is 35.0 Å². The highest BCUT2D eigenvalue weighted by atomic mass is 35.5. The van der Waals surface area contributed by atoms with E-state index in [1.807, 2.05) is 52.8 Å². The fraction of sp³-hybridized carbons (Fsp3) is 0.417. The summed E-state index contributed by atoms with van der Waals surface area (Å²) in [5.41, 5.74) is 1.19. The molecule has 0 radical (unpaired) electrons. The third-order valence-electron chi connectivity index (χ3n) is 4.63. The van der Waals surface area contributed by atoms with E-state index < -0.39 is 11.6 Å². The quantitative estimate of drug-likeness (QED) is 0.568. The Morgan fingerprint density at radius 3 is 2.26 bits per heavy atom. The Morgan fingerprint density at radius 2 is 1.71 bits per heavy atom. The van der Waals surface area contributed by atoms with Crippen molar-refractivity contribution in [3.63, 3.8) is 0 Å². The van der Waals surface area contributed by atoms with Crippen molar-refractivity contribution in [3.8, 4) is 5.75 Å². The molecule has 0 unspecified atom stereocenters. The van der Waals surface area contributed by atoms with E-state index in [0.717, 1.165) is 5.56 Å². The van der Waals surface area contributed by atoms with Gasteiger partial charge < -0.3 is 15.0 Å². The summed E-state index contributed by atoms with van der Waals surface area (Å²) in [6.45, 7) is 9.41. The van der Waals surface area contributed by atoms with Gasteiger partial charge in [0, 0.05) is 27.7 Å². The minimum atomic E-state index is -0.694. The lowest BCUT2D eigenvalue weighted by Crippen LogP contribution is -2.54. The summed E-state index contributed by atoms with van der Waals surface area (Å²) in [4.78, 5) is 27.7. The summed E-state index contributed by atoms with van der Waals surface area (Å²) in [5, 5.41) is 3.84. The molecular weight excluding hydrogens is 435 g/mol. The molecule has 0 aliphatic heterocycles. The molecule has 168 valence electrons. The zero-order valence-corrected chi connectivity index (χ0v) is 20.2. The first-order chi connectivity index (χ1) is 14.5. The summed E-state index contributed by atoms with van der Waals surface area (Å²) in [5.74, 6) is 0.0340. The van der Waals surface area contributed by atoms with E-state index in [4.69, 9.17) is 27.9 Å². The Hall–Kier alpha value is -2.24. The Kier molecular flexibility index (Phi) is 8.78. The number of carbonyl (C=O) groups is 2. The summed E-state index contributed by atoms with van der Waals surface area (Å²) in [6.07, 6.45) is 0.431. The van der Waals surface area contributed by atoms with E-state index in [9.17, 15) is 9.59 Å². The van der Waals surface area contributed by atoms with Crippen LogP contribution in [0.1, 0.15) is 45.2 Å². The molecule has 2 rings (SSSR count). The summed E-state index contributed by atoms with van der Waals surface area (Å²) < 4.78 is 5.71. The molecule has 7 heteroatoms. The number of nitrogens with zero attached hydrogens (tertiary/aromatic N) is 1. The molecule has 1 N–H and O–H groups in total. The second-order valence-corrected chi connectivity index (χ2v) is 9.30. The summed E-state index contributed by atoms with van der Waals surface area (Å²) >= 11 is 12.7. The highest BCUT2D eigenvalue weighted by Crippen LogP contribution is 2.27. The molecule has 2 aromatic carbocycles. The van der Waals surface area contributed by atoms with Crippen LogP contribution in [-0.4, -0.2) is 34.9 Å². The van der Waals surface area contributed by atoms with Crippen LogP contribution in [-0.2, 0) is 16.1 Å². The average Bonchev–Trinajstić information content (AvgIpc) is 2.67. The Bertz CT molecular complexity index is 905. The number of rotatable bonds is 8. The SMILES string of the molecule is CC[C@H](C(=O)NC(C)(C)C)N(Cc1c(Cl)cccc1Cl)C(=O)COc1cccc(C)c1. The minimum Gasteiger partial charge on any atom is -0.484 e. The molecule has 1 atom stereocenters. The molecule has 5 nitrogen and oxygen atoms in total. The van der Waals surface area contributed by atoms with Crippen molar-refractivity contribution in [2.45, 2.75) is 59.2 Å². The monoisotopic (exact) mass is 464 g/mol. The second kappa shape index (κ2) is 10.9. The maximum atomic E-state index is 13.2. The van der Waals surface area contributed by atoms with E-state index in [2.05, 4.69) is 5.32 Å². The maximum Gasteiger partial charge on any atom is 0.261 e. The molecule has 0 heterocycles. The zero-order valence-electron chi connectivity index (χ0n) is 18.7. The summed E-state index contributed by atoms with van der Waals surface area (Å²) in [7, 11) is 0. The third kappa shape index (κ3) is 7.44. The smallest absolute Gasteiger partial charge is 0.261 e. The molecule has 2 amide bonds. The van der Waals surface area contributed by atoms with E-state index >= 15 is 0 Å². The van der Waals surface area contributed by atoms with Crippen LogP contribution in [0.2, 0.25) is 10.0 Å². The maximum absolute atomic E-state index is 13.2. The van der Waals surface area contributed by atoms with Crippen LogP contribution in [0, 0.1) is 6.92 Å². The zero-order chi connectivity index (χ0) is 23.2. The van der Waals surface area contributed by atoms with Gasteiger partial charge in [-0.05, 0) is 63.9 Å². The molecule has 31 heavy (non-hydrogen) atoms. The topological polar surface area (TPSA) is 58.6 Å². The molecule has 0 aliphatic rings. The van der Waals surface area contributed by atoms with Crippen LogP contribution in [0.25, 0.3) is 0 Å². The fourth-order valence-corrected chi connectivity index (χ4v) is 3.68. The number of halogens is 2. The highest BCUT2D eigenvalue weighted by Gasteiger charge is 2.31. The van der Waals surface area contributed by atoms with Gasteiger partial charge in [0.25, 0.3) is 5.91 Å². The predicted molar refractivity (Wildman–Crippen MR) is 126 cm³/mol. The van der Waals surface area contributed by atoms with Gasteiger partial charge in [-0.3, -0.25) is 9.59 Å². The highest BCUT2D eigenvalue weighted by molar-refractivity contribution is 6.36. The Morgan fingerprint density at radius 1 is 1.10 bits per heavy atom. The molecule has 2 aromatic rings. The molecule has 0 saturated heterocycles. The molecule has 0 fully saturated rings. The lowest BCUT2D eigenvalue weighted by atomic mass is 10.1. The van der Waals surface area contributed by atoms with Gasteiger partial charge in [-0.15, -0.1) is 0 Å². The van der Waals surface area contributed by atoms with Crippen molar-refractivity contribution in [2.24, 2.45) is 0 Å². The number of ether oxygens (including phenoxy) is 1. The number of benzene rings is 2. The average molecular weight is 465 g/mol. The van der Waals surface area contributed by atoms with Gasteiger partial charge in [0.05, 0.1) is 0 Å². The number of hydrogen-bond donors (Lipinski definition) is 1. The van der Waals surface area contributed by atoms with Crippen molar-refractivity contribution in [1.82, 2.24) is 10.2 Å². The summed E-state index contributed by atoms with van der Waals surface area (Å²) in [6, 6.07) is 11.9. The molecule has 0 aromatic heterocycles. The van der Waals surface area contributed by atoms with Crippen molar-refractivity contribution in [2.75, 3.05) is 6.61 Å². The number of amides is 2. The van der Waals surface area contributed by atoms with Gasteiger partial charge in [0.15, 0.2) is 6.61 Å². The van der Waals surface area contributed by atoms with Crippen LogP contribution in [0.5, 0.6) is 5.75 Å². The molecule has 0 saturated carbocycles. The lowest BCUT2D eigenvalue weighted by molar-refractivity contribution is -0.143. The lowest BCUT2D eigenvalue weighted by Gasteiger charge is -2.33. The van der Waals surface area contributed by atoms with Crippen molar-refractivity contribution < 1.29 is 14.3 Å². The van der Waals surface area contributed by atoms with Crippen LogP contribution >= 0.6 is 23.2 Å². The van der Waals surface area contributed by atoms with Crippen molar-refractivity contribution in [3.05, 3.63) is 63.6 Å². The first-order valence-electron chi connectivity index (χ1n) is 10.3. The van der Waals surface area contributed by atoms with E-state index in [1.54, 1.807) is 24.3 Å². The molecule has 0 bridgehead atoms. The largest absolute Gasteiger partial charge is 0.484 e. The van der Waals surface area contributed by atoms with Gasteiger partial charge in [0.2, 0.25) is 5.91 Å². The number of hydrogen-bond acceptors (Lipinski definition) is 3. The van der Waals surface area contributed by atoms with Crippen LogP contribution < -0.4 is 10.1 Å².